The predicted molar refractivity (Wildman–Crippen MR) is 70.0 cm³/mol. The first-order valence-electron chi connectivity index (χ1n) is 5.91. The smallest absolute Gasteiger partial charge is 0.226 e. The second-order valence-corrected chi connectivity index (χ2v) is 5.80. The summed E-state index contributed by atoms with van der Waals surface area (Å²) in [5, 5.41) is 6.40. The van der Waals surface area contributed by atoms with E-state index >= 15 is 0 Å². The summed E-state index contributed by atoms with van der Waals surface area (Å²) in [6, 6.07) is 1.89. The van der Waals surface area contributed by atoms with Crippen LogP contribution in [0.3, 0.4) is 0 Å². The lowest BCUT2D eigenvalue weighted by molar-refractivity contribution is -0.117. The predicted octanol–water partition coefficient (Wildman–Crippen LogP) is 2.91. The molecule has 2 N–H and O–H groups in total. The van der Waals surface area contributed by atoms with Gasteiger partial charge in [-0.3, -0.25) is 4.79 Å². The number of hydrogen-bond donors (Lipinski definition) is 2. The van der Waals surface area contributed by atoms with Crippen molar-refractivity contribution in [1.82, 2.24) is 4.98 Å². The second-order valence-electron chi connectivity index (χ2n) is 4.89. The van der Waals surface area contributed by atoms with Gasteiger partial charge in [-0.25, -0.2) is 4.98 Å². The molecule has 0 unspecified atom stereocenters. The molecule has 90 valence electrons. The minimum Gasteiger partial charge on any atom is -0.362 e. The number of nitrogens with zero attached hydrogens (tertiary/aromatic N) is 1. The Morgan fingerprint density at radius 3 is 2.88 bits per heavy atom. The fourth-order valence-electron chi connectivity index (χ4n) is 2.78. The third-order valence-corrected chi connectivity index (χ3v) is 4.01. The van der Waals surface area contributed by atoms with Crippen molar-refractivity contribution in [2.45, 2.75) is 37.6 Å². The van der Waals surface area contributed by atoms with Crippen LogP contribution in [0.15, 0.2) is 16.7 Å². The van der Waals surface area contributed by atoms with Gasteiger partial charge < -0.3 is 10.6 Å². The number of aromatic nitrogens is 1. The molecule has 3 rings (SSSR count). The summed E-state index contributed by atoms with van der Waals surface area (Å²) in [7, 11) is 0. The summed E-state index contributed by atoms with van der Waals surface area (Å²) in [5.41, 5.74) is 0.698. The van der Waals surface area contributed by atoms with Crippen LogP contribution in [0.2, 0.25) is 0 Å². The van der Waals surface area contributed by atoms with Gasteiger partial charge in [-0.2, -0.15) is 0 Å². The minimum absolute atomic E-state index is 0.0733. The number of fused-ring (bicyclic) bond motifs is 1. The molecule has 1 saturated carbocycles. The SMILES string of the molecule is O=C1CC2(CCCC2)Nc2ncc(Br)cc2N1. The molecular formula is C12H14BrN3O. The molecule has 2 aliphatic rings. The number of carbonyl (C=O) groups is 1. The summed E-state index contributed by atoms with van der Waals surface area (Å²) >= 11 is 3.37. The maximum Gasteiger partial charge on any atom is 0.226 e. The molecule has 1 aromatic heterocycles. The largest absolute Gasteiger partial charge is 0.362 e. The van der Waals surface area contributed by atoms with Gasteiger partial charge in [-0.15, -0.1) is 0 Å². The number of hydrogen-bond acceptors (Lipinski definition) is 3. The monoisotopic (exact) mass is 295 g/mol. The molecule has 1 amide bonds. The Hall–Kier alpha value is -1.10. The van der Waals surface area contributed by atoms with Crippen molar-refractivity contribution in [3.8, 4) is 0 Å². The van der Waals surface area contributed by atoms with Crippen LogP contribution in [0.5, 0.6) is 0 Å². The van der Waals surface area contributed by atoms with Crippen LogP contribution in [-0.4, -0.2) is 16.4 Å². The van der Waals surface area contributed by atoms with Gasteiger partial charge in [0.15, 0.2) is 0 Å². The van der Waals surface area contributed by atoms with Crippen LogP contribution in [0.25, 0.3) is 0 Å². The van der Waals surface area contributed by atoms with Gasteiger partial charge in [-0.1, -0.05) is 12.8 Å². The summed E-state index contributed by atoms with van der Waals surface area (Å²) in [4.78, 5) is 16.3. The Kier molecular flexibility index (Phi) is 2.58. The van der Waals surface area contributed by atoms with E-state index in [9.17, 15) is 4.79 Å². The van der Waals surface area contributed by atoms with Gasteiger partial charge in [0, 0.05) is 22.6 Å². The molecule has 0 aromatic carbocycles. The molecule has 2 heterocycles. The lowest BCUT2D eigenvalue weighted by Gasteiger charge is -2.28. The topological polar surface area (TPSA) is 54.0 Å². The van der Waals surface area contributed by atoms with Gasteiger partial charge >= 0.3 is 0 Å². The highest BCUT2D eigenvalue weighted by Gasteiger charge is 2.38. The summed E-state index contributed by atoms with van der Waals surface area (Å²) in [6.07, 6.45) is 6.78. The summed E-state index contributed by atoms with van der Waals surface area (Å²) in [6.45, 7) is 0. The van der Waals surface area contributed by atoms with E-state index in [1.807, 2.05) is 6.07 Å². The van der Waals surface area contributed by atoms with Gasteiger partial charge in [0.05, 0.1) is 5.69 Å². The third-order valence-electron chi connectivity index (χ3n) is 3.57. The van der Waals surface area contributed by atoms with Crippen LogP contribution in [0.4, 0.5) is 11.5 Å². The summed E-state index contributed by atoms with van der Waals surface area (Å²) in [5.74, 6) is 0.874. The van der Waals surface area contributed by atoms with Gasteiger partial charge in [0.2, 0.25) is 5.91 Å². The average Bonchev–Trinajstić information content (AvgIpc) is 2.64. The molecule has 1 aromatic rings. The van der Waals surface area contributed by atoms with Crippen LogP contribution in [-0.2, 0) is 4.79 Å². The van der Waals surface area contributed by atoms with E-state index in [0.29, 0.717) is 6.42 Å². The number of amides is 1. The number of rotatable bonds is 0. The maximum absolute atomic E-state index is 11.9. The van der Waals surface area contributed by atoms with E-state index in [4.69, 9.17) is 0 Å². The Morgan fingerprint density at radius 2 is 2.12 bits per heavy atom. The first-order chi connectivity index (χ1) is 8.17. The zero-order valence-corrected chi connectivity index (χ0v) is 11.0. The van der Waals surface area contributed by atoms with Crippen molar-refractivity contribution in [2.75, 3.05) is 10.6 Å². The molecule has 0 radical (unpaired) electrons. The first kappa shape index (κ1) is 11.0. The fraction of sp³-hybridized carbons (Fsp3) is 0.500. The standard InChI is InChI=1S/C12H14BrN3O/c13-8-5-9-11(14-7-8)16-12(3-1-2-4-12)6-10(17)15-9/h5,7H,1-4,6H2,(H,14,16)(H,15,17). The molecule has 4 nitrogen and oxygen atoms in total. The third kappa shape index (κ3) is 2.04. The Bertz CT molecular complexity index is 469. The quantitative estimate of drug-likeness (QED) is 0.774. The first-order valence-corrected chi connectivity index (χ1v) is 6.70. The zero-order valence-electron chi connectivity index (χ0n) is 9.42. The van der Waals surface area contributed by atoms with Crippen molar-refractivity contribution in [2.24, 2.45) is 0 Å². The lowest BCUT2D eigenvalue weighted by atomic mass is 9.93. The van der Waals surface area contributed by atoms with E-state index in [-0.39, 0.29) is 11.4 Å². The zero-order chi connectivity index (χ0) is 11.9. The molecule has 1 aliphatic carbocycles. The lowest BCUT2D eigenvalue weighted by Crippen LogP contribution is -2.37. The molecule has 0 atom stereocenters. The van der Waals surface area contributed by atoms with Crippen molar-refractivity contribution in [3.05, 3.63) is 16.7 Å². The number of carbonyl (C=O) groups excluding carboxylic acids is 1. The van der Waals surface area contributed by atoms with Gasteiger partial charge in [0.25, 0.3) is 0 Å². The van der Waals surface area contributed by atoms with E-state index in [2.05, 4.69) is 31.5 Å². The molecule has 5 heteroatoms. The van der Waals surface area contributed by atoms with Crippen molar-refractivity contribution >= 4 is 33.3 Å². The van der Waals surface area contributed by atoms with Crippen LogP contribution in [0, 0.1) is 0 Å². The Labute approximate surface area is 108 Å². The van der Waals surface area contributed by atoms with Gasteiger partial charge in [0.1, 0.15) is 5.82 Å². The van der Waals surface area contributed by atoms with Crippen molar-refractivity contribution in [1.29, 1.82) is 0 Å². The van der Waals surface area contributed by atoms with Crippen molar-refractivity contribution < 1.29 is 4.79 Å². The molecule has 1 spiro atoms. The molecule has 0 bridgehead atoms. The summed E-state index contributed by atoms with van der Waals surface area (Å²) < 4.78 is 0.876. The normalized spacial score (nSPS) is 21.6. The minimum atomic E-state index is -0.0733. The van der Waals surface area contributed by atoms with Crippen molar-refractivity contribution in [3.63, 3.8) is 0 Å². The highest BCUT2D eigenvalue weighted by molar-refractivity contribution is 9.10. The molecule has 17 heavy (non-hydrogen) atoms. The van der Waals surface area contributed by atoms with Crippen LogP contribution < -0.4 is 10.6 Å². The fourth-order valence-corrected chi connectivity index (χ4v) is 3.12. The molecule has 1 aliphatic heterocycles. The number of anilines is 2. The Balaban J connectivity index is 2.01. The second kappa shape index (κ2) is 3.98. The average molecular weight is 296 g/mol. The van der Waals surface area contributed by atoms with Crippen LogP contribution in [0.1, 0.15) is 32.1 Å². The maximum atomic E-state index is 11.9. The van der Waals surface area contributed by atoms with E-state index < -0.39 is 0 Å². The highest BCUT2D eigenvalue weighted by Crippen LogP contribution is 2.39. The molecule has 0 saturated heterocycles. The van der Waals surface area contributed by atoms with E-state index in [1.54, 1.807) is 6.20 Å². The number of halogens is 1. The van der Waals surface area contributed by atoms with Crippen LogP contribution >= 0.6 is 15.9 Å². The number of nitrogens with one attached hydrogen (secondary N) is 2. The van der Waals surface area contributed by atoms with E-state index in [0.717, 1.165) is 28.8 Å². The molecular weight excluding hydrogens is 282 g/mol. The number of pyridine rings is 1. The highest BCUT2D eigenvalue weighted by atomic mass is 79.9. The van der Waals surface area contributed by atoms with Gasteiger partial charge in [-0.05, 0) is 34.8 Å². The Morgan fingerprint density at radius 1 is 1.35 bits per heavy atom. The van der Waals surface area contributed by atoms with E-state index in [1.165, 1.54) is 12.8 Å². The molecule has 1 fully saturated rings.